The summed E-state index contributed by atoms with van der Waals surface area (Å²) in [5.74, 6) is 0.869. The van der Waals surface area contributed by atoms with Crippen LogP contribution in [-0.2, 0) is 6.54 Å². The number of nitrogens with zero attached hydrogens (tertiary/aromatic N) is 1. The molecule has 0 amide bonds. The average molecular weight is 230 g/mol. The van der Waals surface area contributed by atoms with Crippen molar-refractivity contribution in [1.82, 2.24) is 10.3 Å². The summed E-state index contributed by atoms with van der Waals surface area (Å²) in [6.45, 7) is 7.97. The van der Waals surface area contributed by atoms with E-state index in [9.17, 15) is 0 Å². The first-order chi connectivity index (χ1) is 8.22. The molecule has 0 radical (unpaired) electrons. The van der Waals surface area contributed by atoms with E-state index in [2.05, 4.69) is 49.3 Å². The molecule has 17 heavy (non-hydrogen) atoms. The van der Waals surface area contributed by atoms with Gasteiger partial charge in [0, 0.05) is 12.1 Å². The van der Waals surface area contributed by atoms with Crippen LogP contribution in [-0.4, -0.2) is 11.5 Å². The van der Waals surface area contributed by atoms with Crippen LogP contribution in [0.5, 0.6) is 0 Å². The highest BCUT2D eigenvalue weighted by Crippen LogP contribution is 2.25. The molecule has 3 nitrogen and oxygen atoms in total. The summed E-state index contributed by atoms with van der Waals surface area (Å²) in [6.07, 6.45) is 1.51. The number of oxazole rings is 1. The van der Waals surface area contributed by atoms with Gasteiger partial charge in [0.1, 0.15) is 5.69 Å². The molecule has 3 heteroatoms. The SMILES string of the molecule is CCNCc1ncoc1-c1ccc(C)c(C)c1. The molecule has 0 spiro atoms. The molecule has 90 valence electrons. The number of hydrogen-bond donors (Lipinski definition) is 1. The van der Waals surface area contributed by atoms with Crippen molar-refractivity contribution in [2.45, 2.75) is 27.3 Å². The molecular formula is C14H18N2O. The Balaban J connectivity index is 2.32. The molecule has 0 atom stereocenters. The fourth-order valence-electron chi connectivity index (χ4n) is 1.76. The van der Waals surface area contributed by atoms with E-state index in [1.54, 1.807) is 0 Å². The van der Waals surface area contributed by atoms with Gasteiger partial charge in [0.2, 0.25) is 0 Å². The predicted octanol–water partition coefficient (Wildman–Crippen LogP) is 3.07. The lowest BCUT2D eigenvalue weighted by atomic mass is 10.0. The van der Waals surface area contributed by atoms with Gasteiger partial charge in [-0.2, -0.15) is 0 Å². The second-order valence-corrected chi connectivity index (χ2v) is 4.21. The van der Waals surface area contributed by atoms with E-state index in [0.29, 0.717) is 0 Å². The van der Waals surface area contributed by atoms with E-state index in [-0.39, 0.29) is 0 Å². The van der Waals surface area contributed by atoms with Gasteiger partial charge in [-0.3, -0.25) is 0 Å². The molecule has 1 N–H and O–H groups in total. The molecule has 2 rings (SSSR count). The van der Waals surface area contributed by atoms with Crippen LogP contribution >= 0.6 is 0 Å². The number of aryl methyl sites for hydroxylation is 2. The highest BCUT2D eigenvalue weighted by atomic mass is 16.3. The van der Waals surface area contributed by atoms with Crippen molar-refractivity contribution < 1.29 is 4.42 Å². The summed E-state index contributed by atoms with van der Waals surface area (Å²) in [6, 6.07) is 6.34. The van der Waals surface area contributed by atoms with Crippen molar-refractivity contribution in [1.29, 1.82) is 0 Å². The van der Waals surface area contributed by atoms with Gasteiger partial charge in [0.05, 0.1) is 0 Å². The molecule has 0 fully saturated rings. The Bertz CT molecular complexity index is 503. The fourth-order valence-corrected chi connectivity index (χ4v) is 1.76. The van der Waals surface area contributed by atoms with E-state index < -0.39 is 0 Å². The molecule has 0 saturated carbocycles. The van der Waals surface area contributed by atoms with Gasteiger partial charge in [-0.1, -0.05) is 19.1 Å². The first kappa shape index (κ1) is 11.9. The van der Waals surface area contributed by atoms with E-state index in [0.717, 1.165) is 30.1 Å². The van der Waals surface area contributed by atoms with E-state index in [4.69, 9.17) is 4.42 Å². The van der Waals surface area contributed by atoms with Crippen LogP contribution in [0.2, 0.25) is 0 Å². The lowest BCUT2D eigenvalue weighted by Gasteiger charge is -2.05. The van der Waals surface area contributed by atoms with Crippen molar-refractivity contribution in [2.75, 3.05) is 6.54 Å². The normalized spacial score (nSPS) is 10.8. The summed E-state index contributed by atoms with van der Waals surface area (Å²) < 4.78 is 5.49. The zero-order valence-electron chi connectivity index (χ0n) is 10.6. The topological polar surface area (TPSA) is 38.1 Å². The Morgan fingerprint density at radius 2 is 2.06 bits per heavy atom. The minimum absolute atomic E-state index is 0.745. The Morgan fingerprint density at radius 3 is 2.76 bits per heavy atom. The Labute approximate surface area is 102 Å². The van der Waals surface area contributed by atoms with Crippen molar-refractivity contribution in [2.24, 2.45) is 0 Å². The maximum atomic E-state index is 5.49. The summed E-state index contributed by atoms with van der Waals surface area (Å²) in [5.41, 5.74) is 4.63. The number of benzene rings is 1. The highest BCUT2D eigenvalue weighted by molar-refractivity contribution is 5.61. The van der Waals surface area contributed by atoms with Crippen LogP contribution in [0.3, 0.4) is 0 Å². The average Bonchev–Trinajstić information content (AvgIpc) is 2.78. The molecule has 1 heterocycles. The van der Waals surface area contributed by atoms with Gasteiger partial charge in [-0.25, -0.2) is 4.98 Å². The maximum Gasteiger partial charge on any atom is 0.181 e. The van der Waals surface area contributed by atoms with Crippen LogP contribution in [0.15, 0.2) is 29.0 Å². The number of hydrogen-bond acceptors (Lipinski definition) is 3. The number of nitrogens with one attached hydrogen (secondary N) is 1. The lowest BCUT2D eigenvalue weighted by Crippen LogP contribution is -2.12. The zero-order chi connectivity index (χ0) is 12.3. The Hall–Kier alpha value is -1.61. The molecule has 0 unspecified atom stereocenters. The minimum Gasteiger partial charge on any atom is -0.443 e. The van der Waals surface area contributed by atoms with Gasteiger partial charge in [0.25, 0.3) is 0 Å². The molecule has 1 aromatic carbocycles. The first-order valence-electron chi connectivity index (χ1n) is 5.93. The van der Waals surface area contributed by atoms with Gasteiger partial charge in [-0.05, 0) is 37.6 Å². The first-order valence-corrected chi connectivity index (χ1v) is 5.93. The minimum atomic E-state index is 0.745. The smallest absolute Gasteiger partial charge is 0.181 e. The quantitative estimate of drug-likeness (QED) is 0.877. The van der Waals surface area contributed by atoms with Crippen LogP contribution in [0.25, 0.3) is 11.3 Å². The standard InChI is InChI=1S/C14H18N2O/c1-4-15-8-13-14(17-9-16-13)12-6-5-10(2)11(3)7-12/h5-7,9,15H,4,8H2,1-3H3. The molecule has 0 saturated heterocycles. The predicted molar refractivity (Wildman–Crippen MR) is 68.8 cm³/mol. The molecular weight excluding hydrogens is 212 g/mol. The van der Waals surface area contributed by atoms with E-state index in [1.807, 2.05) is 0 Å². The zero-order valence-corrected chi connectivity index (χ0v) is 10.6. The van der Waals surface area contributed by atoms with Gasteiger partial charge in [-0.15, -0.1) is 0 Å². The van der Waals surface area contributed by atoms with Gasteiger partial charge < -0.3 is 9.73 Å². The molecule has 0 aliphatic carbocycles. The molecule has 1 aromatic heterocycles. The van der Waals surface area contributed by atoms with E-state index >= 15 is 0 Å². The summed E-state index contributed by atoms with van der Waals surface area (Å²) >= 11 is 0. The van der Waals surface area contributed by atoms with E-state index in [1.165, 1.54) is 17.5 Å². The Kier molecular flexibility index (Phi) is 3.59. The molecule has 0 aliphatic heterocycles. The lowest BCUT2D eigenvalue weighted by molar-refractivity contribution is 0.570. The third kappa shape index (κ3) is 2.56. The van der Waals surface area contributed by atoms with Crippen LogP contribution in [0.4, 0.5) is 0 Å². The largest absolute Gasteiger partial charge is 0.443 e. The van der Waals surface area contributed by atoms with Crippen LogP contribution in [0, 0.1) is 13.8 Å². The third-order valence-electron chi connectivity index (χ3n) is 2.95. The molecule has 0 bridgehead atoms. The number of rotatable bonds is 4. The summed E-state index contributed by atoms with van der Waals surface area (Å²) in [4.78, 5) is 4.25. The highest BCUT2D eigenvalue weighted by Gasteiger charge is 2.10. The second-order valence-electron chi connectivity index (χ2n) is 4.21. The monoisotopic (exact) mass is 230 g/mol. The Morgan fingerprint density at radius 1 is 1.24 bits per heavy atom. The van der Waals surface area contributed by atoms with Crippen molar-refractivity contribution in [3.8, 4) is 11.3 Å². The summed E-state index contributed by atoms with van der Waals surface area (Å²) in [7, 11) is 0. The molecule has 0 aliphatic rings. The second kappa shape index (κ2) is 5.15. The molecule has 2 aromatic rings. The van der Waals surface area contributed by atoms with Crippen molar-refractivity contribution >= 4 is 0 Å². The van der Waals surface area contributed by atoms with Gasteiger partial charge >= 0.3 is 0 Å². The van der Waals surface area contributed by atoms with Crippen LogP contribution in [0.1, 0.15) is 23.7 Å². The maximum absolute atomic E-state index is 5.49. The third-order valence-corrected chi connectivity index (χ3v) is 2.95. The number of aromatic nitrogens is 1. The van der Waals surface area contributed by atoms with Crippen LogP contribution < -0.4 is 5.32 Å². The van der Waals surface area contributed by atoms with Crippen molar-refractivity contribution in [3.63, 3.8) is 0 Å². The van der Waals surface area contributed by atoms with Gasteiger partial charge in [0.15, 0.2) is 12.2 Å². The fraction of sp³-hybridized carbons (Fsp3) is 0.357. The van der Waals surface area contributed by atoms with Crippen molar-refractivity contribution in [3.05, 3.63) is 41.4 Å². The summed E-state index contributed by atoms with van der Waals surface area (Å²) in [5, 5.41) is 3.26.